The van der Waals surface area contributed by atoms with Gasteiger partial charge in [-0.1, -0.05) is 25.4 Å². The van der Waals surface area contributed by atoms with Crippen LogP contribution in [0.4, 0.5) is 0 Å². The molecule has 0 aliphatic rings. The molecule has 0 radical (unpaired) electrons. The van der Waals surface area contributed by atoms with E-state index in [0.29, 0.717) is 10.8 Å². The molecular formula is C15H15ClN2O3. The number of carbonyl (C=O) groups is 1. The van der Waals surface area contributed by atoms with Gasteiger partial charge >= 0.3 is 5.97 Å². The molecule has 0 amide bonds. The van der Waals surface area contributed by atoms with Gasteiger partial charge in [0.1, 0.15) is 11.3 Å². The number of hydrogen-bond donors (Lipinski definition) is 1. The van der Waals surface area contributed by atoms with Crippen LogP contribution in [0, 0.1) is 6.92 Å². The number of carboxylic acids is 1. The molecule has 1 N–H and O–H groups in total. The van der Waals surface area contributed by atoms with Gasteiger partial charge in [0.05, 0.1) is 6.20 Å². The fraction of sp³-hybridized carbons (Fsp3) is 0.267. The number of hydrogen-bond acceptors (Lipinski definition) is 4. The zero-order chi connectivity index (χ0) is 15.6. The predicted molar refractivity (Wildman–Crippen MR) is 79.3 cm³/mol. The van der Waals surface area contributed by atoms with Crippen LogP contribution in [0.1, 0.15) is 41.3 Å². The highest BCUT2D eigenvalue weighted by molar-refractivity contribution is 6.31. The average molecular weight is 307 g/mol. The Morgan fingerprint density at radius 1 is 1.38 bits per heavy atom. The van der Waals surface area contributed by atoms with Crippen LogP contribution < -0.4 is 4.74 Å². The van der Waals surface area contributed by atoms with Crippen molar-refractivity contribution in [2.24, 2.45) is 0 Å². The lowest BCUT2D eigenvalue weighted by molar-refractivity contribution is 0.0693. The van der Waals surface area contributed by atoms with Crippen LogP contribution >= 0.6 is 11.6 Å². The van der Waals surface area contributed by atoms with Crippen LogP contribution in [-0.4, -0.2) is 21.3 Å². The number of ether oxygens (including phenoxy) is 1. The zero-order valence-corrected chi connectivity index (χ0v) is 12.7. The smallest absolute Gasteiger partial charge is 0.341 e. The fourth-order valence-electron chi connectivity index (χ4n) is 1.88. The number of carboxylic acid groups (broad SMARTS) is 1. The maximum atomic E-state index is 11.2. The van der Waals surface area contributed by atoms with Crippen LogP contribution in [0.2, 0.25) is 5.02 Å². The molecule has 21 heavy (non-hydrogen) atoms. The van der Waals surface area contributed by atoms with E-state index in [1.54, 1.807) is 6.07 Å². The number of halogens is 1. The van der Waals surface area contributed by atoms with E-state index < -0.39 is 5.97 Å². The first kappa shape index (κ1) is 15.3. The number of rotatable bonds is 4. The van der Waals surface area contributed by atoms with Gasteiger partial charge in [-0.25, -0.2) is 4.79 Å². The molecule has 2 aromatic rings. The Kier molecular flexibility index (Phi) is 4.43. The van der Waals surface area contributed by atoms with Crippen molar-refractivity contribution in [3.8, 4) is 11.6 Å². The summed E-state index contributed by atoms with van der Waals surface area (Å²) in [6, 6.07) is 4.95. The second-order valence-electron chi connectivity index (χ2n) is 4.95. The molecule has 110 valence electrons. The number of benzene rings is 1. The fourth-order valence-corrected chi connectivity index (χ4v) is 2.32. The molecule has 0 fully saturated rings. The van der Waals surface area contributed by atoms with Crippen LogP contribution in [-0.2, 0) is 0 Å². The predicted octanol–water partition coefficient (Wildman–Crippen LogP) is 4.05. The van der Waals surface area contributed by atoms with Gasteiger partial charge in [0, 0.05) is 5.02 Å². The maximum absolute atomic E-state index is 11.2. The van der Waals surface area contributed by atoms with Crippen LogP contribution in [0.3, 0.4) is 0 Å². The summed E-state index contributed by atoms with van der Waals surface area (Å²) in [5.74, 6) is -0.409. The van der Waals surface area contributed by atoms with Crippen molar-refractivity contribution >= 4 is 17.6 Å². The van der Waals surface area contributed by atoms with Crippen molar-refractivity contribution in [1.29, 1.82) is 0 Å². The van der Waals surface area contributed by atoms with Crippen molar-refractivity contribution in [1.82, 2.24) is 10.2 Å². The molecule has 0 saturated heterocycles. The van der Waals surface area contributed by atoms with Crippen molar-refractivity contribution < 1.29 is 14.6 Å². The van der Waals surface area contributed by atoms with Crippen molar-refractivity contribution in [2.75, 3.05) is 0 Å². The highest BCUT2D eigenvalue weighted by Gasteiger charge is 2.16. The molecule has 0 bridgehead atoms. The molecule has 6 heteroatoms. The largest absolute Gasteiger partial charge is 0.477 e. The summed E-state index contributed by atoms with van der Waals surface area (Å²) in [6.45, 7) is 5.87. The third kappa shape index (κ3) is 3.31. The summed E-state index contributed by atoms with van der Waals surface area (Å²) < 4.78 is 5.63. The van der Waals surface area contributed by atoms with E-state index in [4.69, 9.17) is 21.4 Å². The SMILES string of the molecule is Cc1cc(Cl)c(C(C)C)cc1Oc1nnccc1C(=O)O. The van der Waals surface area contributed by atoms with Gasteiger partial charge in [-0.15, -0.1) is 5.10 Å². The number of aromatic nitrogens is 2. The van der Waals surface area contributed by atoms with E-state index >= 15 is 0 Å². The van der Waals surface area contributed by atoms with Gasteiger partial charge in [-0.2, -0.15) is 5.10 Å². The number of aromatic carboxylic acids is 1. The highest BCUT2D eigenvalue weighted by Crippen LogP contribution is 2.33. The van der Waals surface area contributed by atoms with Gasteiger partial charge in [0.2, 0.25) is 0 Å². The summed E-state index contributed by atoms with van der Waals surface area (Å²) in [7, 11) is 0. The summed E-state index contributed by atoms with van der Waals surface area (Å²) in [5.41, 5.74) is 1.69. The molecule has 0 aliphatic heterocycles. The third-order valence-electron chi connectivity index (χ3n) is 3.04. The highest BCUT2D eigenvalue weighted by atomic mass is 35.5. The van der Waals surface area contributed by atoms with Crippen molar-refractivity contribution in [3.05, 3.63) is 46.1 Å². The topological polar surface area (TPSA) is 72.3 Å². The molecule has 0 atom stereocenters. The Balaban J connectivity index is 2.45. The summed E-state index contributed by atoms with van der Waals surface area (Å²) in [5, 5.41) is 17.2. The minimum absolute atomic E-state index is 0.0366. The van der Waals surface area contributed by atoms with Crippen molar-refractivity contribution in [2.45, 2.75) is 26.7 Å². The molecule has 5 nitrogen and oxygen atoms in total. The van der Waals surface area contributed by atoms with E-state index in [1.807, 2.05) is 26.8 Å². The molecular weight excluding hydrogens is 292 g/mol. The summed E-state index contributed by atoms with van der Waals surface area (Å²) in [4.78, 5) is 11.2. The Morgan fingerprint density at radius 2 is 2.10 bits per heavy atom. The Bertz CT molecular complexity index is 687. The lowest BCUT2D eigenvalue weighted by atomic mass is 10.0. The zero-order valence-electron chi connectivity index (χ0n) is 11.9. The van der Waals surface area contributed by atoms with Gasteiger partial charge in [0.15, 0.2) is 0 Å². The first-order valence-electron chi connectivity index (χ1n) is 6.43. The van der Waals surface area contributed by atoms with E-state index in [9.17, 15) is 4.79 Å². The van der Waals surface area contributed by atoms with E-state index in [-0.39, 0.29) is 17.4 Å². The first-order chi connectivity index (χ1) is 9.90. The Labute approximate surface area is 127 Å². The molecule has 0 aliphatic carbocycles. The lowest BCUT2D eigenvalue weighted by Crippen LogP contribution is -2.04. The summed E-state index contributed by atoms with van der Waals surface area (Å²) in [6.07, 6.45) is 1.31. The minimum Gasteiger partial charge on any atom is -0.477 e. The normalized spacial score (nSPS) is 10.7. The van der Waals surface area contributed by atoms with E-state index in [1.165, 1.54) is 12.3 Å². The van der Waals surface area contributed by atoms with Crippen LogP contribution in [0.25, 0.3) is 0 Å². The molecule has 2 rings (SSSR count). The van der Waals surface area contributed by atoms with Crippen molar-refractivity contribution in [3.63, 3.8) is 0 Å². The van der Waals surface area contributed by atoms with Gasteiger partial charge < -0.3 is 9.84 Å². The average Bonchev–Trinajstić information content (AvgIpc) is 2.41. The summed E-state index contributed by atoms with van der Waals surface area (Å²) >= 11 is 6.20. The number of nitrogens with zero attached hydrogens (tertiary/aromatic N) is 2. The Morgan fingerprint density at radius 3 is 2.71 bits per heavy atom. The molecule has 0 saturated carbocycles. The minimum atomic E-state index is -1.12. The molecule has 0 unspecified atom stereocenters. The molecule has 1 aromatic carbocycles. The molecule has 1 aromatic heterocycles. The van der Waals surface area contributed by atoms with Crippen LogP contribution in [0.5, 0.6) is 11.6 Å². The van der Waals surface area contributed by atoms with Gasteiger partial charge in [-0.05, 0) is 42.2 Å². The second kappa shape index (κ2) is 6.10. The first-order valence-corrected chi connectivity index (χ1v) is 6.80. The molecule has 0 spiro atoms. The third-order valence-corrected chi connectivity index (χ3v) is 3.37. The monoisotopic (exact) mass is 306 g/mol. The maximum Gasteiger partial charge on any atom is 0.341 e. The second-order valence-corrected chi connectivity index (χ2v) is 5.36. The standard InChI is InChI=1S/C15H15ClN2O3/c1-8(2)11-7-13(9(3)6-12(11)16)21-14-10(15(19)20)4-5-17-18-14/h4-8H,1-3H3,(H,19,20). The van der Waals surface area contributed by atoms with E-state index in [2.05, 4.69) is 10.2 Å². The number of aryl methyl sites for hydroxylation is 1. The van der Waals surface area contributed by atoms with Crippen LogP contribution in [0.15, 0.2) is 24.4 Å². The lowest BCUT2D eigenvalue weighted by Gasteiger charge is -2.14. The molecule has 1 heterocycles. The van der Waals surface area contributed by atoms with Gasteiger partial charge in [-0.3, -0.25) is 0 Å². The quantitative estimate of drug-likeness (QED) is 0.922. The van der Waals surface area contributed by atoms with Gasteiger partial charge in [0.25, 0.3) is 5.88 Å². The van der Waals surface area contributed by atoms with E-state index in [0.717, 1.165) is 11.1 Å². The Hall–Kier alpha value is -2.14.